The van der Waals surface area contributed by atoms with Gasteiger partial charge in [0.05, 0.1) is 25.2 Å². The van der Waals surface area contributed by atoms with Gasteiger partial charge < -0.3 is 24.8 Å². The Bertz CT molecular complexity index is 173. The predicted octanol–water partition coefficient (Wildman–Crippen LogP) is 0.129. The van der Waals surface area contributed by atoms with Crippen LogP contribution in [0.4, 0.5) is 0 Å². The maximum Gasteiger partial charge on any atom is 0.177 e. The van der Waals surface area contributed by atoms with E-state index in [9.17, 15) is 15.3 Å². The van der Waals surface area contributed by atoms with E-state index in [-0.39, 0.29) is 0 Å². The molecule has 0 aromatic rings. The molecule has 0 aromatic heterocycles. The molecule has 0 rings (SSSR count). The van der Waals surface area contributed by atoms with E-state index >= 15 is 0 Å². The maximum absolute atomic E-state index is 9.36. The largest absolute Gasteiger partial charge is 0.395 e. The molecule has 0 saturated carbocycles. The lowest BCUT2D eigenvalue weighted by Gasteiger charge is -2.44. The normalized spacial score (nSPS) is 16.1. The third-order valence-corrected chi connectivity index (χ3v) is 2.87. The van der Waals surface area contributed by atoms with Gasteiger partial charge >= 0.3 is 0 Å². The molecule has 0 saturated heterocycles. The van der Waals surface area contributed by atoms with E-state index in [0.29, 0.717) is 13.2 Å². The number of rotatable bonds is 9. The zero-order valence-electron chi connectivity index (χ0n) is 10.4. The molecule has 0 aliphatic carbocycles. The van der Waals surface area contributed by atoms with Crippen LogP contribution in [0, 0.1) is 5.41 Å². The molecule has 0 fully saturated rings. The molecule has 3 N–H and O–H groups in total. The molecule has 0 heterocycles. The first-order valence-corrected chi connectivity index (χ1v) is 5.66. The van der Waals surface area contributed by atoms with Gasteiger partial charge in [-0.2, -0.15) is 0 Å². The molecule has 1 unspecified atom stereocenters. The Hall–Kier alpha value is -0.200. The Morgan fingerprint density at radius 3 is 1.75 bits per heavy atom. The zero-order valence-corrected chi connectivity index (χ0v) is 10.4. The van der Waals surface area contributed by atoms with Crippen LogP contribution in [0.15, 0.2) is 0 Å². The fraction of sp³-hybridized carbons (Fsp3) is 1.00. The molecule has 0 spiro atoms. The van der Waals surface area contributed by atoms with Gasteiger partial charge in [-0.1, -0.05) is 6.92 Å². The third-order valence-electron chi connectivity index (χ3n) is 2.87. The van der Waals surface area contributed by atoms with Crippen molar-refractivity contribution < 1.29 is 24.8 Å². The van der Waals surface area contributed by atoms with Crippen molar-refractivity contribution in [2.75, 3.05) is 33.0 Å². The number of hydrogen-bond donors (Lipinski definition) is 3. The average Bonchev–Trinajstić information content (AvgIpc) is 2.30. The number of aliphatic hydroxyl groups is 3. The second kappa shape index (κ2) is 7.19. The van der Waals surface area contributed by atoms with Crippen molar-refractivity contribution in [3.63, 3.8) is 0 Å². The van der Waals surface area contributed by atoms with Gasteiger partial charge in [0.1, 0.15) is 0 Å². The summed E-state index contributed by atoms with van der Waals surface area (Å²) in [7, 11) is 0. The van der Waals surface area contributed by atoms with Crippen LogP contribution >= 0.6 is 0 Å². The van der Waals surface area contributed by atoms with Gasteiger partial charge in [-0.25, -0.2) is 0 Å². The van der Waals surface area contributed by atoms with Crippen LogP contribution in [0.3, 0.4) is 0 Å². The average molecular weight is 236 g/mol. The summed E-state index contributed by atoms with van der Waals surface area (Å²) in [4.78, 5) is 0. The first kappa shape index (κ1) is 15.8. The van der Waals surface area contributed by atoms with E-state index in [1.807, 2.05) is 6.92 Å². The fourth-order valence-corrected chi connectivity index (χ4v) is 1.50. The van der Waals surface area contributed by atoms with Gasteiger partial charge in [0.2, 0.25) is 0 Å². The van der Waals surface area contributed by atoms with E-state index in [1.165, 1.54) is 0 Å². The molecule has 1 atom stereocenters. The standard InChI is InChI=1S/C11H24O5/c1-4-6-16-10(3,15-5-2)11(7-12,8-13)9-14/h12-14H,4-9H2,1-3H3. The SMILES string of the molecule is CCCOC(C)(OCC)C(CO)(CO)CO. The van der Waals surface area contributed by atoms with Gasteiger partial charge in [0, 0.05) is 13.2 Å². The highest BCUT2D eigenvalue weighted by atomic mass is 16.7. The minimum absolute atomic E-state index is 0.377. The molecule has 0 aliphatic rings. The molecule has 5 nitrogen and oxygen atoms in total. The topological polar surface area (TPSA) is 79.2 Å². The van der Waals surface area contributed by atoms with Crippen molar-refractivity contribution in [2.24, 2.45) is 5.41 Å². The molecule has 5 heteroatoms. The molecular formula is C11H24O5. The molecule has 0 aliphatic heterocycles. The Kier molecular flexibility index (Phi) is 7.10. The Balaban J connectivity index is 4.94. The van der Waals surface area contributed by atoms with Gasteiger partial charge in [-0.15, -0.1) is 0 Å². The molecule has 16 heavy (non-hydrogen) atoms. The second-order valence-electron chi connectivity index (χ2n) is 3.98. The Morgan fingerprint density at radius 1 is 0.938 bits per heavy atom. The highest BCUT2D eigenvalue weighted by molar-refractivity contribution is 4.90. The summed E-state index contributed by atoms with van der Waals surface area (Å²) in [5.41, 5.74) is -1.20. The molecule has 0 radical (unpaired) electrons. The molecule has 98 valence electrons. The first-order valence-electron chi connectivity index (χ1n) is 5.66. The van der Waals surface area contributed by atoms with Crippen LogP contribution in [0.1, 0.15) is 27.2 Å². The van der Waals surface area contributed by atoms with Gasteiger partial charge in [-0.05, 0) is 20.3 Å². The van der Waals surface area contributed by atoms with Crippen molar-refractivity contribution in [3.8, 4) is 0 Å². The molecule has 0 bridgehead atoms. The lowest BCUT2D eigenvalue weighted by Crippen LogP contribution is -2.57. The van der Waals surface area contributed by atoms with E-state index in [2.05, 4.69) is 0 Å². The lowest BCUT2D eigenvalue weighted by molar-refractivity contribution is -0.309. The Morgan fingerprint density at radius 2 is 1.44 bits per heavy atom. The van der Waals surface area contributed by atoms with Crippen molar-refractivity contribution in [3.05, 3.63) is 0 Å². The van der Waals surface area contributed by atoms with Gasteiger partial charge in [-0.3, -0.25) is 0 Å². The summed E-state index contributed by atoms with van der Waals surface area (Å²) in [6, 6.07) is 0. The molecule has 0 aromatic carbocycles. The summed E-state index contributed by atoms with van der Waals surface area (Å²) < 4.78 is 11.0. The highest BCUT2D eigenvalue weighted by Gasteiger charge is 2.49. The van der Waals surface area contributed by atoms with Crippen LogP contribution < -0.4 is 0 Å². The number of aliphatic hydroxyl groups excluding tert-OH is 3. The minimum Gasteiger partial charge on any atom is -0.395 e. The monoisotopic (exact) mass is 236 g/mol. The summed E-state index contributed by atoms with van der Waals surface area (Å²) in [6.45, 7) is 4.99. The van der Waals surface area contributed by atoms with Crippen molar-refractivity contribution >= 4 is 0 Å². The zero-order chi connectivity index (χ0) is 12.7. The number of ether oxygens (including phenoxy) is 2. The third kappa shape index (κ3) is 3.15. The summed E-state index contributed by atoms with van der Waals surface area (Å²) in [5, 5.41) is 28.1. The lowest BCUT2D eigenvalue weighted by atomic mass is 9.82. The van der Waals surface area contributed by atoms with Crippen LogP contribution in [0.25, 0.3) is 0 Å². The van der Waals surface area contributed by atoms with E-state index in [4.69, 9.17) is 9.47 Å². The quantitative estimate of drug-likeness (QED) is 0.496. The smallest absolute Gasteiger partial charge is 0.177 e. The van der Waals surface area contributed by atoms with Crippen LogP contribution in [0.5, 0.6) is 0 Å². The first-order chi connectivity index (χ1) is 7.55. The Labute approximate surface area is 97.0 Å². The second-order valence-corrected chi connectivity index (χ2v) is 3.98. The number of hydrogen-bond acceptors (Lipinski definition) is 5. The summed E-state index contributed by atoms with van der Waals surface area (Å²) in [5.74, 6) is -1.18. The van der Waals surface area contributed by atoms with Gasteiger partial charge in [0.25, 0.3) is 0 Å². The van der Waals surface area contributed by atoms with Crippen LogP contribution in [-0.4, -0.2) is 54.1 Å². The minimum atomic E-state index is -1.20. The maximum atomic E-state index is 9.36. The highest BCUT2D eigenvalue weighted by Crippen LogP contribution is 2.35. The van der Waals surface area contributed by atoms with Crippen LogP contribution in [-0.2, 0) is 9.47 Å². The predicted molar refractivity (Wildman–Crippen MR) is 60.0 cm³/mol. The van der Waals surface area contributed by atoms with Crippen LogP contribution in [0.2, 0.25) is 0 Å². The van der Waals surface area contributed by atoms with Crippen molar-refractivity contribution in [2.45, 2.75) is 33.0 Å². The summed E-state index contributed by atoms with van der Waals surface area (Å²) >= 11 is 0. The van der Waals surface area contributed by atoms with Gasteiger partial charge in [0.15, 0.2) is 5.79 Å². The van der Waals surface area contributed by atoms with Crippen molar-refractivity contribution in [1.82, 2.24) is 0 Å². The molecular weight excluding hydrogens is 212 g/mol. The van der Waals surface area contributed by atoms with E-state index in [0.717, 1.165) is 6.42 Å². The van der Waals surface area contributed by atoms with E-state index in [1.54, 1.807) is 13.8 Å². The van der Waals surface area contributed by atoms with Crippen molar-refractivity contribution in [1.29, 1.82) is 0 Å². The summed E-state index contributed by atoms with van der Waals surface area (Å²) in [6.07, 6.45) is 0.793. The molecule has 0 amide bonds. The van der Waals surface area contributed by atoms with E-state index < -0.39 is 31.0 Å². The fourth-order valence-electron chi connectivity index (χ4n) is 1.50.